The van der Waals surface area contributed by atoms with E-state index < -0.39 is 18.2 Å². The summed E-state index contributed by atoms with van der Waals surface area (Å²) < 4.78 is 43.3. The fourth-order valence-corrected chi connectivity index (χ4v) is 5.21. The molecular weight excluding hydrogens is 636 g/mol. The standard InChI is InChI=1S/C29H30Cl2N4O3.C2HF3O2/c1-3-38-25-13-12-23(37-2)18-24(25)28-33-26(19-4-8-21(30)9-5-19)27(20-6-10-22(31)11-7-20)35(28)29(36)34-16-14-32-15-17-34;3-2(4,5)1(6)7/h4-13,18,26-27,32H,3,14-17H2,1-2H3;(H,6,7). The van der Waals surface area contributed by atoms with E-state index in [1.54, 1.807) is 7.11 Å². The molecule has 2 aliphatic rings. The molecule has 240 valence electrons. The van der Waals surface area contributed by atoms with Gasteiger partial charge in [0.1, 0.15) is 23.4 Å². The number of halogens is 5. The second-order valence-corrected chi connectivity index (χ2v) is 10.8. The Hall–Kier alpha value is -4.00. The van der Waals surface area contributed by atoms with Crippen molar-refractivity contribution in [3.63, 3.8) is 0 Å². The van der Waals surface area contributed by atoms with Crippen molar-refractivity contribution in [1.82, 2.24) is 15.1 Å². The number of rotatable bonds is 6. The Labute approximate surface area is 268 Å². The Morgan fingerprint density at radius 3 is 2.04 bits per heavy atom. The highest BCUT2D eigenvalue weighted by molar-refractivity contribution is 6.30. The van der Waals surface area contributed by atoms with E-state index in [1.807, 2.05) is 83.5 Å². The zero-order valence-corrected chi connectivity index (χ0v) is 25.9. The summed E-state index contributed by atoms with van der Waals surface area (Å²) in [5, 5.41) is 11.7. The minimum absolute atomic E-state index is 0.105. The number of hydrogen-bond donors (Lipinski definition) is 2. The number of carboxylic acid groups (broad SMARTS) is 1. The molecule has 0 aliphatic carbocycles. The smallest absolute Gasteiger partial charge is 0.490 e. The lowest BCUT2D eigenvalue weighted by Crippen LogP contribution is -2.53. The third-order valence-corrected chi connectivity index (χ3v) is 7.56. The number of hydrogen-bond acceptors (Lipinski definition) is 6. The molecule has 0 spiro atoms. The molecule has 1 saturated heterocycles. The molecule has 1 fully saturated rings. The molecule has 14 heteroatoms. The third-order valence-electron chi connectivity index (χ3n) is 7.05. The molecule has 45 heavy (non-hydrogen) atoms. The van der Waals surface area contributed by atoms with Crippen LogP contribution < -0.4 is 14.8 Å². The third kappa shape index (κ3) is 8.19. The maximum atomic E-state index is 14.3. The molecule has 2 N–H and O–H groups in total. The lowest BCUT2D eigenvalue weighted by Gasteiger charge is -2.36. The zero-order valence-electron chi connectivity index (χ0n) is 24.4. The van der Waals surface area contributed by atoms with Crippen LogP contribution in [0.1, 0.15) is 35.7 Å². The van der Waals surface area contributed by atoms with E-state index in [1.165, 1.54) is 0 Å². The van der Waals surface area contributed by atoms with Gasteiger partial charge in [0.25, 0.3) is 0 Å². The van der Waals surface area contributed by atoms with E-state index in [0.717, 1.165) is 24.2 Å². The topological polar surface area (TPSA) is 104 Å². The highest BCUT2D eigenvalue weighted by atomic mass is 35.5. The van der Waals surface area contributed by atoms with Crippen molar-refractivity contribution in [3.8, 4) is 11.5 Å². The van der Waals surface area contributed by atoms with Crippen molar-refractivity contribution < 1.29 is 37.3 Å². The first-order valence-corrected chi connectivity index (χ1v) is 14.7. The van der Waals surface area contributed by atoms with Gasteiger partial charge in [-0.1, -0.05) is 47.5 Å². The van der Waals surface area contributed by atoms with Crippen LogP contribution in [0.5, 0.6) is 11.5 Å². The van der Waals surface area contributed by atoms with Gasteiger partial charge in [0.15, 0.2) is 0 Å². The Morgan fingerprint density at radius 1 is 0.978 bits per heavy atom. The molecule has 3 aromatic carbocycles. The van der Waals surface area contributed by atoms with Crippen LogP contribution >= 0.6 is 23.2 Å². The van der Waals surface area contributed by atoms with Gasteiger partial charge in [-0.2, -0.15) is 13.2 Å². The average Bonchev–Trinajstić information content (AvgIpc) is 3.42. The summed E-state index contributed by atoms with van der Waals surface area (Å²) in [4.78, 5) is 32.1. The van der Waals surface area contributed by atoms with Gasteiger partial charge in [0.05, 0.1) is 25.3 Å². The molecule has 2 aliphatic heterocycles. The minimum atomic E-state index is -5.08. The van der Waals surface area contributed by atoms with Crippen LogP contribution in [0.3, 0.4) is 0 Å². The number of alkyl halides is 3. The number of urea groups is 1. The van der Waals surface area contributed by atoms with Gasteiger partial charge in [0, 0.05) is 36.2 Å². The number of methoxy groups -OCH3 is 1. The number of ether oxygens (including phenoxy) is 2. The minimum Gasteiger partial charge on any atom is -0.497 e. The molecule has 0 aromatic heterocycles. The molecule has 2 heterocycles. The number of amides is 2. The van der Waals surface area contributed by atoms with Gasteiger partial charge >= 0.3 is 18.2 Å². The molecule has 0 radical (unpaired) electrons. The Morgan fingerprint density at radius 2 is 1.53 bits per heavy atom. The normalized spacial score (nSPS) is 18.1. The summed E-state index contributed by atoms with van der Waals surface area (Å²) in [5.41, 5.74) is 2.57. The summed E-state index contributed by atoms with van der Waals surface area (Å²) in [5.74, 6) is -0.932. The molecule has 0 bridgehead atoms. The monoisotopic (exact) mass is 666 g/mol. The van der Waals surface area contributed by atoms with Crippen LogP contribution in [0.2, 0.25) is 10.0 Å². The molecule has 5 rings (SSSR count). The number of aliphatic carboxylic acids is 1. The van der Waals surface area contributed by atoms with Crippen LogP contribution in [0.25, 0.3) is 0 Å². The number of carbonyl (C=O) groups excluding carboxylic acids is 1. The predicted octanol–water partition coefficient (Wildman–Crippen LogP) is 6.60. The quantitative estimate of drug-likeness (QED) is 0.307. The van der Waals surface area contributed by atoms with Gasteiger partial charge in [-0.3, -0.25) is 9.89 Å². The van der Waals surface area contributed by atoms with E-state index in [-0.39, 0.29) is 12.1 Å². The SMILES string of the molecule is CCOc1ccc(OC)cc1C1=NC(c2ccc(Cl)cc2)C(c2ccc(Cl)cc2)N1C(=O)N1CCNCC1.O=C(O)C(F)(F)F. The van der Waals surface area contributed by atoms with Crippen LogP contribution in [-0.2, 0) is 4.79 Å². The maximum Gasteiger partial charge on any atom is 0.490 e. The van der Waals surface area contributed by atoms with E-state index in [4.69, 9.17) is 47.6 Å². The highest BCUT2D eigenvalue weighted by Gasteiger charge is 2.45. The summed E-state index contributed by atoms with van der Waals surface area (Å²) >= 11 is 12.5. The maximum absolute atomic E-state index is 14.3. The van der Waals surface area contributed by atoms with E-state index in [9.17, 15) is 18.0 Å². The fraction of sp³-hybridized carbons (Fsp3) is 0.323. The van der Waals surface area contributed by atoms with Crippen molar-refractivity contribution in [2.24, 2.45) is 4.99 Å². The van der Waals surface area contributed by atoms with E-state index >= 15 is 0 Å². The van der Waals surface area contributed by atoms with Gasteiger partial charge in [0.2, 0.25) is 0 Å². The first-order valence-electron chi connectivity index (χ1n) is 13.9. The van der Waals surface area contributed by atoms with E-state index in [2.05, 4.69) is 5.32 Å². The molecule has 0 saturated carbocycles. The number of nitrogens with zero attached hydrogens (tertiary/aromatic N) is 3. The van der Waals surface area contributed by atoms with Crippen molar-refractivity contribution in [2.75, 3.05) is 39.9 Å². The lowest BCUT2D eigenvalue weighted by atomic mass is 9.93. The summed E-state index contributed by atoms with van der Waals surface area (Å²) in [6.45, 7) is 5.10. The Kier molecular flexibility index (Phi) is 11.2. The van der Waals surface area contributed by atoms with Crippen LogP contribution in [-0.4, -0.2) is 78.8 Å². The number of carboxylic acids is 1. The number of carbonyl (C=O) groups is 2. The second kappa shape index (κ2) is 14.9. The number of aliphatic imine (C=N–C) groups is 1. The highest BCUT2D eigenvalue weighted by Crippen LogP contribution is 2.45. The fourth-order valence-electron chi connectivity index (χ4n) is 4.96. The number of benzene rings is 3. The van der Waals surface area contributed by atoms with Crippen molar-refractivity contribution >= 4 is 41.0 Å². The number of piperazine rings is 1. The summed E-state index contributed by atoms with van der Waals surface area (Å²) in [6.07, 6.45) is -5.08. The Balaban J connectivity index is 0.000000591. The van der Waals surface area contributed by atoms with Gasteiger partial charge in [-0.25, -0.2) is 9.59 Å². The van der Waals surface area contributed by atoms with Gasteiger partial charge in [-0.15, -0.1) is 0 Å². The van der Waals surface area contributed by atoms with Crippen LogP contribution in [0.4, 0.5) is 18.0 Å². The molecular formula is C31H31Cl2F3N4O5. The second-order valence-electron chi connectivity index (χ2n) is 9.93. The van der Waals surface area contributed by atoms with E-state index in [0.29, 0.717) is 52.6 Å². The van der Waals surface area contributed by atoms with Crippen molar-refractivity contribution in [3.05, 3.63) is 93.5 Å². The number of amidine groups is 1. The Bertz CT molecular complexity index is 1520. The first-order chi connectivity index (χ1) is 21.4. The molecule has 2 amide bonds. The molecule has 9 nitrogen and oxygen atoms in total. The van der Waals surface area contributed by atoms with Gasteiger partial charge in [-0.05, 0) is 60.5 Å². The molecule has 2 atom stereocenters. The molecule has 2 unspecified atom stereocenters. The zero-order chi connectivity index (χ0) is 32.7. The summed E-state index contributed by atoms with van der Waals surface area (Å²) in [6, 6.07) is 19.9. The van der Waals surface area contributed by atoms with Gasteiger partial charge < -0.3 is 24.8 Å². The lowest BCUT2D eigenvalue weighted by molar-refractivity contribution is -0.192. The van der Waals surface area contributed by atoms with Crippen LogP contribution in [0, 0.1) is 0 Å². The number of nitrogens with one attached hydrogen (secondary N) is 1. The largest absolute Gasteiger partial charge is 0.497 e. The van der Waals surface area contributed by atoms with Crippen molar-refractivity contribution in [1.29, 1.82) is 0 Å². The predicted molar refractivity (Wildman–Crippen MR) is 164 cm³/mol. The summed E-state index contributed by atoms with van der Waals surface area (Å²) in [7, 11) is 1.62. The van der Waals surface area contributed by atoms with Crippen LogP contribution in [0.15, 0.2) is 71.7 Å². The average molecular weight is 668 g/mol. The molecule has 3 aromatic rings. The van der Waals surface area contributed by atoms with Crippen molar-refractivity contribution in [2.45, 2.75) is 25.2 Å². The first kappa shape index (κ1) is 33.9.